The normalized spacial score (nSPS) is 14.3. The summed E-state index contributed by atoms with van der Waals surface area (Å²) in [7, 11) is 0. The predicted molar refractivity (Wildman–Crippen MR) is 130 cm³/mol. The van der Waals surface area contributed by atoms with E-state index in [9.17, 15) is 9.59 Å². The van der Waals surface area contributed by atoms with E-state index in [1.807, 2.05) is 42.2 Å². The molecule has 0 spiro atoms. The molecule has 0 bridgehead atoms. The van der Waals surface area contributed by atoms with Crippen LogP contribution in [0.15, 0.2) is 64.0 Å². The monoisotopic (exact) mass is 484 g/mol. The maximum absolute atomic E-state index is 13.2. The largest absolute Gasteiger partial charge is 0.361 e. The summed E-state index contributed by atoms with van der Waals surface area (Å²) in [5.41, 5.74) is 2.26. The minimum Gasteiger partial charge on any atom is -0.361 e. The van der Waals surface area contributed by atoms with Crippen LogP contribution in [0.5, 0.6) is 0 Å². The van der Waals surface area contributed by atoms with Gasteiger partial charge in [0, 0.05) is 53.6 Å². The average Bonchev–Trinajstić information content (AvgIpc) is 3.24. The molecule has 0 unspecified atom stereocenters. The van der Waals surface area contributed by atoms with Crippen LogP contribution < -0.4 is 5.32 Å². The zero-order valence-electron chi connectivity index (χ0n) is 18.3. The van der Waals surface area contributed by atoms with E-state index < -0.39 is 0 Å². The van der Waals surface area contributed by atoms with Crippen molar-refractivity contribution < 1.29 is 14.1 Å². The van der Waals surface area contributed by atoms with Gasteiger partial charge in [0.15, 0.2) is 0 Å². The topological polar surface area (TPSA) is 78.7 Å². The Morgan fingerprint density at radius 1 is 1.09 bits per heavy atom. The fourth-order valence-corrected chi connectivity index (χ4v) is 4.67. The molecule has 4 rings (SSSR count). The molecular weight excluding hydrogens is 460 g/mol. The van der Waals surface area contributed by atoms with Gasteiger partial charge in [-0.1, -0.05) is 28.9 Å². The minimum absolute atomic E-state index is 0.0136. The molecule has 0 radical (unpaired) electrons. The number of amides is 2. The van der Waals surface area contributed by atoms with Gasteiger partial charge in [0.05, 0.1) is 17.8 Å². The van der Waals surface area contributed by atoms with Crippen molar-refractivity contribution >= 4 is 40.9 Å². The second-order valence-electron chi connectivity index (χ2n) is 7.84. The molecule has 2 heterocycles. The predicted octanol–water partition coefficient (Wildman–Crippen LogP) is 4.33. The van der Waals surface area contributed by atoms with Gasteiger partial charge in [0.1, 0.15) is 5.76 Å². The van der Waals surface area contributed by atoms with Crippen LogP contribution in [0.1, 0.15) is 21.8 Å². The van der Waals surface area contributed by atoms with E-state index in [0.29, 0.717) is 48.2 Å². The molecule has 1 aromatic heterocycles. The van der Waals surface area contributed by atoms with Crippen molar-refractivity contribution in [1.29, 1.82) is 0 Å². The third-order valence-electron chi connectivity index (χ3n) is 5.32. The summed E-state index contributed by atoms with van der Waals surface area (Å²) in [6.45, 7) is 4.59. The highest BCUT2D eigenvalue weighted by Crippen LogP contribution is 2.27. The van der Waals surface area contributed by atoms with E-state index in [-0.39, 0.29) is 18.4 Å². The first-order valence-corrected chi connectivity index (χ1v) is 12.1. The molecule has 2 amide bonds. The summed E-state index contributed by atoms with van der Waals surface area (Å²) in [4.78, 5) is 30.4. The standard InChI is InChI=1S/C24H25ClN4O3S/c1-17-14-20(27-32-17)16-33-22-5-3-2-4-21(22)24(31)29-12-10-28(11-13-29)15-23(30)26-19-8-6-18(25)7-9-19/h2-9,14H,10-13,15-16H2,1H3,(H,26,30). The van der Waals surface area contributed by atoms with Crippen molar-refractivity contribution in [2.75, 3.05) is 38.0 Å². The lowest BCUT2D eigenvalue weighted by molar-refractivity contribution is -0.117. The maximum atomic E-state index is 13.2. The number of piperazine rings is 1. The second-order valence-corrected chi connectivity index (χ2v) is 9.29. The average molecular weight is 485 g/mol. The second kappa shape index (κ2) is 10.9. The highest BCUT2D eigenvalue weighted by atomic mass is 35.5. The van der Waals surface area contributed by atoms with Gasteiger partial charge in [0.25, 0.3) is 5.91 Å². The molecule has 172 valence electrons. The number of hydrogen-bond acceptors (Lipinski definition) is 6. The minimum atomic E-state index is -0.0815. The third kappa shape index (κ3) is 6.37. The Morgan fingerprint density at radius 3 is 2.52 bits per heavy atom. The van der Waals surface area contributed by atoms with E-state index in [0.717, 1.165) is 16.3 Å². The molecule has 1 fully saturated rings. The number of nitrogens with one attached hydrogen (secondary N) is 1. The highest BCUT2D eigenvalue weighted by molar-refractivity contribution is 7.98. The Morgan fingerprint density at radius 2 is 1.82 bits per heavy atom. The van der Waals surface area contributed by atoms with Gasteiger partial charge < -0.3 is 14.7 Å². The van der Waals surface area contributed by atoms with E-state index in [1.54, 1.807) is 36.0 Å². The Balaban J connectivity index is 1.29. The first-order valence-electron chi connectivity index (χ1n) is 10.7. The number of aryl methyl sites for hydroxylation is 1. The van der Waals surface area contributed by atoms with Crippen molar-refractivity contribution in [3.05, 3.63) is 76.6 Å². The van der Waals surface area contributed by atoms with Gasteiger partial charge in [-0.25, -0.2) is 0 Å². The van der Waals surface area contributed by atoms with Crippen molar-refractivity contribution in [1.82, 2.24) is 15.0 Å². The molecule has 1 N–H and O–H groups in total. The van der Waals surface area contributed by atoms with Gasteiger partial charge in [0.2, 0.25) is 5.91 Å². The lowest BCUT2D eigenvalue weighted by Gasteiger charge is -2.34. The molecule has 33 heavy (non-hydrogen) atoms. The summed E-state index contributed by atoms with van der Waals surface area (Å²) >= 11 is 7.46. The lowest BCUT2D eigenvalue weighted by Crippen LogP contribution is -2.50. The zero-order valence-corrected chi connectivity index (χ0v) is 19.9. The highest BCUT2D eigenvalue weighted by Gasteiger charge is 2.25. The molecule has 7 nitrogen and oxygen atoms in total. The van der Waals surface area contributed by atoms with Crippen molar-refractivity contribution in [3.63, 3.8) is 0 Å². The summed E-state index contributed by atoms with van der Waals surface area (Å²) in [6, 6.07) is 16.6. The van der Waals surface area contributed by atoms with Crippen LogP contribution in [0.25, 0.3) is 0 Å². The van der Waals surface area contributed by atoms with Crippen molar-refractivity contribution in [3.8, 4) is 0 Å². The Hall–Kier alpha value is -2.81. The summed E-state index contributed by atoms with van der Waals surface area (Å²) < 4.78 is 5.12. The van der Waals surface area contributed by atoms with Crippen LogP contribution in [0.2, 0.25) is 5.02 Å². The first-order chi connectivity index (χ1) is 16.0. The van der Waals surface area contributed by atoms with E-state index >= 15 is 0 Å². The molecule has 2 aromatic carbocycles. The molecule has 1 saturated heterocycles. The first kappa shape index (κ1) is 23.4. The van der Waals surface area contributed by atoms with Gasteiger partial charge >= 0.3 is 0 Å². The smallest absolute Gasteiger partial charge is 0.255 e. The molecule has 3 aromatic rings. The Bertz CT molecular complexity index is 1110. The molecule has 0 aliphatic carbocycles. The molecule has 0 atom stereocenters. The number of anilines is 1. The Kier molecular flexibility index (Phi) is 7.69. The van der Waals surface area contributed by atoms with Crippen LogP contribution in [0, 0.1) is 6.92 Å². The molecule has 0 saturated carbocycles. The molecule has 9 heteroatoms. The Labute approximate surface area is 202 Å². The van der Waals surface area contributed by atoms with Gasteiger partial charge in [-0.15, -0.1) is 11.8 Å². The number of rotatable bonds is 7. The van der Waals surface area contributed by atoms with Crippen LogP contribution in [0.3, 0.4) is 0 Å². The number of carbonyl (C=O) groups excluding carboxylic acids is 2. The van der Waals surface area contributed by atoms with Crippen LogP contribution in [-0.4, -0.2) is 59.5 Å². The number of benzene rings is 2. The third-order valence-corrected chi connectivity index (χ3v) is 6.68. The summed E-state index contributed by atoms with van der Waals surface area (Å²) in [6.07, 6.45) is 0. The number of halogens is 1. The number of hydrogen-bond donors (Lipinski definition) is 1. The van der Waals surface area contributed by atoms with Crippen molar-refractivity contribution in [2.45, 2.75) is 17.6 Å². The molecule has 1 aliphatic rings. The lowest BCUT2D eigenvalue weighted by atomic mass is 10.2. The van der Waals surface area contributed by atoms with Crippen molar-refractivity contribution in [2.24, 2.45) is 0 Å². The van der Waals surface area contributed by atoms with E-state index in [2.05, 4.69) is 15.4 Å². The molecule has 1 aliphatic heterocycles. The fourth-order valence-electron chi connectivity index (χ4n) is 3.62. The number of nitrogens with zero attached hydrogens (tertiary/aromatic N) is 3. The van der Waals surface area contributed by atoms with Gasteiger partial charge in [-0.2, -0.15) is 0 Å². The molecular formula is C24H25ClN4O3S. The van der Waals surface area contributed by atoms with Crippen LogP contribution in [-0.2, 0) is 10.5 Å². The van der Waals surface area contributed by atoms with Crippen LogP contribution >= 0.6 is 23.4 Å². The summed E-state index contributed by atoms with van der Waals surface area (Å²) in [5, 5.41) is 7.53. The van der Waals surface area contributed by atoms with Gasteiger partial charge in [-0.05, 0) is 43.3 Å². The fraction of sp³-hybridized carbons (Fsp3) is 0.292. The number of thioether (sulfide) groups is 1. The SMILES string of the molecule is Cc1cc(CSc2ccccc2C(=O)N2CCN(CC(=O)Nc3ccc(Cl)cc3)CC2)no1. The quantitative estimate of drug-likeness (QED) is 0.503. The van der Waals surface area contributed by atoms with E-state index in [4.69, 9.17) is 16.1 Å². The zero-order chi connectivity index (χ0) is 23.2. The number of aromatic nitrogens is 1. The van der Waals surface area contributed by atoms with Crippen LogP contribution in [0.4, 0.5) is 5.69 Å². The number of carbonyl (C=O) groups is 2. The summed E-state index contributed by atoms with van der Waals surface area (Å²) in [5.74, 6) is 1.34. The van der Waals surface area contributed by atoms with E-state index in [1.165, 1.54) is 0 Å². The maximum Gasteiger partial charge on any atom is 0.255 e. The van der Waals surface area contributed by atoms with Gasteiger partial charge in [-0.3, -0.25) is 14.5 Å².